The number of aryl methyl sites for hydroxylation is 1. The van der Waals surface area contributed by atoms with Gasteiger partial charge >= 0.3 is 0 Å². The topological polar surface area (TPSA) is 80.7 Å². The third-order valence-electron chi connectivity index (χ3n) is 4.42. The Morgan fingerprint density at radius 2 is 2.04 bits per heavy atom. The normalized spacial score (nSPS) is 12.0. The predicted molar refractivity (Wildman–Crippen MR) is 110 cm³/mol. The van der Waals surface area contributed by atoms with Gasteiger partial charge < -0.3 is 19.9 Å². The molecule has 1 aromatic heterocycles. The Morgan fingerprint density at radius 3 is 2.79 bits per heavy atom. The molecule has 28 heavy (non-hydrogen) atoms. The maximum absolute atomic E-state index is 12.1. The van der Waals surface area contributed by atoms with Crippen molar-refractivity contribution in [3.63, 3.8) is 0 Å². The van der Waals surface area contributed by atoms with Crippen LogP contribution < -0.4 is 14.8 Å². The lowest BCUT2D eigenvalue weighted by Gasteiger charge is -2.16. The number of para-hydroxylation sites is 1. The maximum Gasteiger partial charge on any atom is 0.220 e. The van der Waals surface area contributed by atoms with E-state index in [1.807, 2.05) is 18.2 Å². The summed E-state index contributed by atoms with van der Waals surface area (Å²) in [5.74, 6) is 1.08. The summed E-state index contributed by atoms with van der Waals surface area (Å²) < 4.78 is 11.6. The number of aliphatic hydroxyl groups is 1. The summed E-state index contributed by atoms with van der Waals surface area (Å²) in [6.07, 6.45) is 0.986. The molecule has 1 unspecified atom stereocenters. The minimum absolute atomic E-state index is 0.0953. The van der Waals surface area contributed by atoms with Crippen molar-refractivity contribution < 1.29 is 19.4 Å². The van der Waals surface area contributed by atoms with Gasteiger partial charge in [-0.3, -0.25) is 4.79 Å². The highest BCUT2D eigenvalue weighted by molar-refractivity contribution is 7.18. The highest BCUT2D eigenvalue weighted by Gasteiger charge is 2.16. The molecule has 0 aliphatic carbocycles. The fraction of sp³-hybridized carbons (Fsp3) is 0.333. The average Bonchev–Trinajstić information content (AvgIpc) is 3.14. The zero-order chi connectivity index (χ0) is 19.9. The molecular formula is C21H24N2O4S. The number of carbonyl (C=O) groups is 1. The van der Waals surface area contributed by atoms with Crippen LogP contribution in [-0.4, -0.2) is 36.8 Å². The second-order valence-corrected chi connectivity index (χ2v) is 7.47. The van der Waals surface area contributed by atoms with E-state index in [9.17, 15) is 9.90 Å². The molecule has 0 aliphatic heterocycles. The van der Waals surface area contributed by atoms with Gasteiger partial charge in [0.05, 0.1) is 35.5 Å². The van der Waals surface area contributed by atoms with Crippen molar-refractivity contribution in [1.82, 2.24) is 10.3 Å². The number of aromatic nitrogens is 1. The molecule has 148 valence electrons. The molecular weight excluding hydrogens is 376 g/mol. The number of hydrogen-bond acceptors (Lipinski definition) is 6. The molecule has 0 fully saturated rings. The smallest absolute Gasteiger partial charge is 0.220 e. The van der Waals surface area contributed by atoms with E-state index in [0.29, 0.717) is 29.9 Å². The molecule has 0 spiro atoms. The number of aliphatic hydroxyl groups excluding tert-OH is 1. The zero-order valence-electron chi connectivity index (χ0n) is 16.0. The number of carbonyl (C=O) groups excluding carboxylic acids is 1. The van der Waals surface area contributed by atoms with Crippen molar-refractivity contribution in [3.8, 4) is 11.5 Å². The van der Waals surface area contributed by atoms with Crippen molar-refractivity contribution in [2.24, 2.45) is 0 Å². The van der Waals surface area contributed by atoms with Crippen LogP contribution >= 0.6 is 11.3 Å². The number of methoxy groups -OCH3 is 2. The molecule has 7 heteroatoms. The Labute approximate surface area is 168 Å². The third-order valence-corrected chi connectivity index (χ3v) is 5.52. The molecule has 6 nitrogen and oxygen atoms in total. The minimum atomic E-state index is -0.877. The lowest BCUT2D eigenvalue weighted by Crippen LogP contribution is -2.28. The summed E-state index contributed by atoms with van der Waals surface area (Å²) in [5.41, 5.74) is 1.58. The van der Waals surface area contributed by atoms with Crippen LogP contribution in [0.1, 0.15) is 29.5 Å². The quantitative estimate of drug-likeness (QED) is 0.575. The number of thiazole rings is 1. The number of nitrogens with one attached hydrogen (secondary N) is 1. The molecule has 1 atom stereocenters. The van der Waals surface area contributed by atoms with Gasteiger partial charge in [0, 0.05) is 18.5 Å². The summed E-state index contributed by atoms with van der Waals surface area (Å²) in [5, 5.41) is 14.2. The van der Waals surface area contributed by atoms with E-state index in [0.717, 1.165) is 21.6 Å². The number of benzene rings is 2. The van der Waals surface area contributed by atoms with E-state index in [1.165, 1.54) is 0 Å². The average molecular weight is 401 g/mol. The lowest BCUT2D eigenvalue weighted by atomic mass is 10.1. The first-order chi connectivity index (χ1) is 13.6. The molecule has 0 saturated carbocycles. The van der Waals surface area contributed by atoms with Gasteiger partial charge in [-0.15, -0.1) is 11.3 Å². The van der Waals surface area contributed by atoms with E-state index in [1.54, 1.807) is 43.8 Å². The van der Waals surface area contributed by atoms with Gasteiger partial charge in [-0.25, -0.2) is 4.98 Å². The molecule has 0 bridgehead atoms. The molecule has 1 amide bonds. The Kier molecular flexibility index (Phi) is 6.84. The largest absolute Gasteiger partial charge is 0.497 e. The zero-order valence-corrected chi connectivity index (χ0v) is 16.8. The number of nitrogens with zero attached hydrogens (tertiary/aromatic N) is 1. The van der Waals surface area contributed by atoms with Crippen LogP contribution in [0.25, 0.3) is 10.2 Å². The van der Waals surface area contributed by atoms with Crippen molar-refractivity contribution in [2.45, 2.75) is 25.4 Å². The van der Waals surface area contributed by atoms with E-state index in [-0.39, 0.29) is 12.5 Å². The van der Waals surface area contributed by atoms with Crippen LogP contribution in [-0.2, 0) is 11.2 Å². The second-order valence-electron chi connectivity index (χ2n) is 6.36. The van der Waals surface area contributed by atoms with Crippen molar-refractivity contribution >= 4 is 27.5 Å². The summed E-state index contributed by atoms with van der Waals surface area (Å²) >= 11 is 1.66. The van der Waals surface area contributed by atoms with Crippen molar-refractivity contribution in [3.05, 3.63) is 53.0 Å². The summed E-state index contributed by atoms with van der Waals surface area (Å²) in [4.78, 5) is 16.7. The Bertz CT molecular complexity index is 908. The standard InChI is InChI=1S/C21H24N2O4S/c1-26-14-10-11-18(27-2)15(12-14)17(24)13-22-20(25)8-5-9-21-23-16-6-3-4-7-19(16)28-21/h3-4,6-7,10-12,17,24H,5,8-9,13H2,1-2H3,(H,22,25). The molecule has 3 aromatic rings. The highest BCUT2D eigenvalue weighted by atomic mass is 32.1. The van der Waals surface area contributed by atoms with E-state index in [2.05, 4.69) is 16.4 Å². The minimum Gasteiger partial charge on any atom is -0.497 e. The molecule has 3 rings (SSSR count). The van der Waals surface area contributed by atoms with Crippen LogP contribution in [0.15, 0.2) is 42.5 Å². The Morgan fingerprint density at radius 1 is 1.21 bits per heavy atom. The summed E-state index contributed by atoms with van der Waals surface area (Å²) in [6.45, 7) is 0.115. The van der Waals surface area contributed by atoms with Crippen LogP contribution in [0.3, 0.4) is 0 Å². The maximum atomic E-state index is 12.1. The van der Waals surface area contributed by atoms with Gasteiger partial charge in [-0.05, 0) is 43.2 Å². The third kappa shape index (κ3) is 4.99. The Balaban J connectivity index is 1.47. The van der Waals surface area contributed by atoms with Gasteiger partial charge in [0.2, 0.25) is 5.91 Å². The number of rotatable bonds is 9. The van der Waals surface area contributed by atoms with Gasteiger partial charge in [0.1, 0.15) is 11.5 Å². The molecule has 2 N–H and O–H groups in total. The van der Waals surface area contributed by atoms with E-state index < -0.39 is 6.10 Å². The van der Waals surface area contributed by atoms with Crippen LogP contribution in [0.2, 0.25) is 0 Å². The number of hydrogen-bond donors (Lipinski definition) is 2. The first-order valence-electron chi connectivity index (χ1n) is 9.12. The van der Waals surface area contributed by atoms with Crippen molar-refractivity contribution in [1.29, 1.82) is 0 Å². The first kappa shape index (κ1) is 20.1. The fourth-order valence-electron chi connectivity index (χ4n) is 2.94. The summed E-state index contributed by atoms with van der Waals surface area (Å²) in [6, 6.07) is 13.2. The van der Waals surface area contributed by atoms with Gasteiger partial charge in [-0.2, -0.15) is 0 Å². The lowest BCUT2D eigenvalue weighted by molar-refractivity contribution is -0.121. The van der Waals surface area contributed by atoms with Crippen molar-refractivity contribution in [2.75, 3.05) is 20.8 Å². The SMILES string of the molecule is COc1ccc(OC)c(C(O)CNC(=O)CCCc2nc3ccccc3s2)c1. The number of amides is 1. The van der Waals surface area contributed by atoms with Crippen LogP contribution in [0.4, 0.5) is 0 Å². The van der Waals surface area contributed by atoms with Gasteiger partial charge in [0.15, 0.2) is 0 Å². The first-order valence-corrected chi connectivity index (χ1v) is 9.93. The molecule has 0 aliphatic rings. The second kappa shape index (κ2) is 9.52. The monoisotopic (exact) mass is 400 g/mol. The van der Waals surface area contributed by atoms with Gasteiger partial charge in [0.25, 0.3) is 0 Å². The fourth-order valence-corrected chi connectivity index (χ4v) is 3.94. The molecule has 2 aromatic carbocycles. The summed E-state index contributed by atoms with van der Waals surface area (Å²) in [7, 11) is 3.10. The highest BCUT2D eigenvalue weighted by Crippen LogP contribution is 2.29. The van der Waals surface area contributed by atoms with E-state index in [4.69, 9.17) is 9.47 Å². The molecule has 1 heterocycles. The van der Waals surface area contributed by atoms with Crippen LogP contribution in [0.5, 0.6) is 11.5 Å². The van der Waals surface area contributed by atoms with E-state index >= 15 is 0 Å². The number of fused-ring (bicyclic) bond motifs is 1. The van der Waals surface area contributed by atoms with Gasteiger partial charge in [-0.1, -0.05) is 12.1 Å². The molecule has 0 saturated heterocycles. The van der Waals surface area contributed by atoms with Crippen LogP contribution in [0, 0.1) is 0 Å². The number of ether oxygens (including phenoxy) is 2. The Hall–Kier alpha value is -2.64. The molecule has 0 radical (unpaired) electrons. The predicted octanol–water partition coefficient (Wildman–Crippen LogP) is 3.49.